The van der Waals surface area contributed by atoms with E-state index in [1.165, 1.54) is 25.6 Å². The molecule has 3 nitrogen and oxygen atoms in total. The molecule has 1 N–H and O–H groups in total. The molecule has 0 amide bonds. The Morgan fingerprint density at radius 2 is 2.17 bits per heavy atom. The molecule has 1 aromatic carbocycles. The third kappa shape index (κ3) is 2.06. The van der Waals surface area contributed by atoms with Crippen molar-refractivity contribution in [2.24, 2.45) is 5.92 Å². The zero-order chi connectivity index (χ0) is 12.5. The second-order valence-electron chi connectivity index (χ2n) is 5.20. The van der Waals surface area contributed by atoms with Crippen molar-refractivity contribution < 1.29 is 4.39 Å². The standard InChI is InChI=1S/C14H16FN3/c15-13-2-1-12(7-11(13)8-16)17-14-4-6-18-5-3-10(14)9-18/h1-2,7,10,14,17H,3-6,9H2. The summed E-state index contributed by atoms with van der Waals surface area (Å²) in [6.07, 6.45) is 2.37. The number of halogens is 1. The molecule has 2 saturated heterocycles. The third-order valence-electron chi connectivity index (χ3n) is 4.07. The maximum absolute atomic E-state index is 13.2. The van der Waals surface area contributed by atoms with Crippen molar-refractivity contribution in [1.82, 2.24) is 4.90 Å². The maximum atomic E-state index is 13.2. The van der Waals surface area contributed by atoms with Gasteiger partial charge in [-0.25, -0.2) is 4.39 Å². The van der Waals surface area contributed by atoms with Crippen LogP contribution in [-0.2, 0) is 0 Å². The number of nitriles is 1. The van der Waals surface area contributed by atoms with Gasteiger partial charge in [0.05, 0.1) is 5.56 Å². The summed E-state index contributed by atoms with van der Waals surface area (Å²) in [6.45, 7) is 3.51. The fourth-order valence-electron chi connectivity index (χ4n) is 3.06. The minimum Gasteiger partial charge on any atom is -0.382 e. The minimum absolute atomic E-state index is 0.115. The lowest BCUT2D eigenvalue weighted by molar-refractivity contribution is 0.255. The number of nitrogens with one attached hydrogen (secondary N) is 1. The van der Waals surface area contributed by atoms with Crippen molar-refractivity contribution in [3.63, 3.8) is 0 Å². The number of benzene rings is 1. The van der Waals surface area contributed by atoms with Gasteiger partial charge in [0.2, 0.25) is 0 Å². The van der Waals surface area contributed by atoms with E-state index in [-0.39, 0.29) is 5.56 Å². The largest absolute Gasteiger partial charge is 0.382 e. The SMILES string of the molecule is N#Cc1cc(NC2CCN3CCC2C3)ccc1F. The lowest BCUT2D eigenvalue weighted by Gasteiger charge is -2.31. The van der Waals surface area contributed by atoms with Crippen LogP contribution >= 0.6 is 0 Å². The number of nitrogens with zero attached hydrogens (tertiary/aromatic N) is 2. The molecule has 2 aliphatic rings. The molecule has 3 unspecified atom stereocenters. The molecule has 0 radical (unpaired) electrons. The Hall–Kier alpha value is -1.60. The van der Waals surface area contributed by atoms with Gasteiger partial charge >= 0.3 is 0 Å². The average molecular weight is 245 g/mol. The van der Waals surface area contributed by atoms with Crippen LogP contribution in [0.1, 0.15) is 18.4 Å². The zero-order valence-corrected chi connectivity index (χ0v) is 10.2. The second-order valence-corrected chi connectivity index (χ2v) is 5.20. The molecule has 2 bridgehead atoms. The molecule has 0 aromatic heterocycles. The monoisotopic (exact) mass is 245 g/mol. The van der Waals surface area contributed by atoms with Gasteiger partial charge < -0.3 is 10.2 Å². The van der Waals surface area contributed by atoms with E-state index in [1.54, 1.807) is 12.1 Å². The van der Waals surface area contributed by atoms with Gasteiger partial charge in [0, 0.05) is 24.8 Å². The zero-order valence-electron chi connectivity index (χ0n) is 10.2. The molecule has 3 rings (SSSR count). The number of rotatable bonds is 2. The van der Waals surface area contributed by atoms with Gasteiger partial charge in [-0.1, -0.05) is 0 Å². The van der Waals surface area contributed by atoms with Crippen molar-refractivity contribution in [2.75, 3.05) is 25.0 Å². The fourth-order valence-corrected chi connectivity index (χ4v) is 3.06. The molecule has 1 aromatic rings. The van der Waals surface area contributed by atoms with Gasteiger partial charge in [-0.05, 0) is 43.5 Å². The molecule has 2 heterocycles. The molecule has 0 aliphatic carbocycles. The second kappa shape index (κ2) is 4.58. The summed E-state index contributed by atoms with van der Waals surface area (Å²) in [7, 11) is 0. The first kappa shape index (κ1) is 11.5. The Morgan fingerprint density at radius 3 is 3.00 bits per heavy atom. The summed E-state index contributed by atoms with van der Waals surface area (Å²) in [5.41, 5.74) is 0.974. The van der Waals surface area contributed by atoms with Gasteiger partial charge in [0.1, 0.15) is 11.9 Å². The van der Waals surface area contributed by atoms with E-state index in [4.69, 9.17) is 5.26 Å². The Morgan fingerprint density at radius 1 is 1.33 bits per heavy atom. The van der Waals surface area contributed by atoms with Crippen LogP contribution in [0.2, 0.25) is 0 Å². The van der Waals surface area contributed by atoms with E-state index in [2.05, 4.69) is 10.2 Å². The van der Waals surface area contributed by atoms with Crippen molar-refractivity contribution in [3.8, 4) is 6.07 Å². The first-order valence-electron chi connectivity index (χ1n) is 6.45. The van der Waals surface area contributed by atoms with E-state index >= 15 is 0 Å². The van der Waals surface area contributed by atoms with Gasteiger partial charge in [-0.15, -0.1) is 0 Å². The number of hydrogen-bond acceptors (Lipinski definition) is 3. The third-order valence-corrected chi connectivity index (χ3v) is 4.07. The predicted molar refractivity (Wildman–Crippen MR) is 67.7 cm³/mol. The van der Waals surface area contributed by atoms with Crippen LogP contribution in [0.15, 0.2) is 18.2 Å². The molecule has 94 valence electrons. The van der Waals surface area contributed by atoms with E-state index in [9.17, 15) is 4.39 Å². The Labute approximate surface area is 106 Å². The minimum atomic E-state index is -0.446. The van der Waals surface area contributed by atoms with Gasteiger partial charge in [-0.3, -0.25) is 0 Å². The molecule has 2 aliphatic heterocycles. The highest BCUT2D eigenvalue weighted by Gasteiger charge is 2.34. The molecule has 0 saturated carbocycles. The summed E-state index contributed by atoms with van der Waals surface area (Å²) < 4.78 is 13.2. The Kier molecular flexibility index (Phi) is 2.92. The van der Waals surface area contributed by atoms with Gasteiger partial charge in [0.15, 0.2) is 0 Å². The van der Waals surface area contributed by atoms with Crippen LogP contribution < -0.4 is 5.32 Å². The van der Waals surface area contributed by atoms with E-state index in [0.717, 1.165) is 18.7 Å². The van der Waals surface area contributed by atoms with Crippen LogP contribution in [0, 0.1) is 23.1 Å². The highest BCUT2D eigenvalue weighted by Crippen LogP contribution is 2.29. The summed E-state index contributed by atoms with van der Waals surface area (Å²) in [5.74, 6) is 0.244. The predicted octanol–water partition coefficient (Wildman–Crippen LogP) is 2.20. The molecule has 18 heavy (non-hydrogen) atoms. The molecule has 3 atom stereocenters. The Bertz CT molecular complexity index is 494. The average Bonchev–Trinajstić information content (AvgIpc) is 2.78. The number of hydrogen-bond donors (Lipinski definition) is 1. The summed E-state index contributed by atoms with van der Waals surface area (Å²) in [6, 6.07) is 7.04. The first-order valence-corrected chi connectivity index (χ1v) is 6.45. The van der Waals surface area contributed by atoms with E-state index in [0.29, 0.717) is 12.0 Å². The van der Waals surface area contributed by atoms with Crippen molar-refractivity contribution in [3.05, 3.63) is 29.6 Å². The molecule has 0 spiro atoms. The topological polar surface area (TPSA) is 39.1 Å². The highest BCUT2D eigenvalue weighted by molar-refractivity contribution is 5.50. The molecular weight excluding hydrogens is 229 g/mol. The maximum Gasteiger partial charge on any atom is 0.141 e. The smallest absolute Gasteiger partial charge is 0.141 e. The molecule has 4 heteroatoms. The highest BCUT2D eigenvalue weighted by atomic mass is 19.1. The Balaban J connectivity index is 1.74. The van der Waals surface area contributed by atoms with Crippen LogP contribution in [0.4, 0.5) is 10.1 Å². The quantitative estimate of drug-likeness (QED) is 0.868. The number of anilines is 1. The van der Waals surface area contributed by atoms with Crippen LogP contribution in [0.25, 0.3) is 0 Å². The van der Waals surface area contributed by atoms with Crippen LogP contribution in [-0.4, -0.2) is 30.6 Å². The van der Waals surface area contributed by atoms with Crippen molar-refractivity contribution >= 4 is 5.69 Å². The number of piperidine rings is 1. The molecule has 2 fully saturated rings. The van der Waals surface area contributed by atoms with Crippen molar-refractivity contribution in [2.45, 2.75) is 18.9 Å². The summed E-state index contributed by atoms with van der Waals surface area (Å²) >= 11 is 0. The van der Waals surface area contributed by atoms with Crippen molar-refractivity contribution in [1.29, 1.82) is 5.26 Å². The van der Waals surface area contributed by atoms with E-state index in [1.807, 2.05) is 6.07 Å². The van der Waals surface area contributed by atoms with Gasteiger partial charge in [0.25, 0.3) is 0 Å². The van der Waals surface area contributed by atoms with E-state index < -0.39 is 5.82 Å². The summed E-state index contributed by atoms with van der Waals surface area (Å²) in [5, 5.41) is 12.3. The van der Waals surface area contributed by atoms with Crippen LogP contribution in [0.3, 0.4) is 0 Å². The number of fused-ring (bicyclic) bond motifs is 2. The molecular formula is C14H16FN3. The lowest BCUT2D eigenvalue weighted by atomic mass is 9.94. The fraction of sp³-hybridized carbons (Fsp3) is 0.500. The normalized spacial score (nSPS) is 29.9. The van der Waals surface area contributed by atoms with Gasteiger partial charge in [-0.2, -0.15) is 5.26 Å². The van der Waals surface area contributed by atoms with Crippen LogP contribution in [0.5, 0.6) is 0 Å². The first-order chi connectivity index (χ1) is 8.76. The summed E-state index contributed by atoms with van der Waals surface area (Å²) in [4.78, 5) is 2.49. The lowest BCUT2D eigenvalue weighted by Crippen LogP contribution is -2.39.